The summed E-state index contributed by atoms with van der Waals surface area (Å²) in [7, 11) is -2.30. The molecule has 0 bridgehead atoms. The van der Waals surface area contributed by atoms with Crippen LogP contribution in [0.5, 0.6) is 0 Å². The van der Waals surface area contributed by atoms with Crippen molar-refractivity contribution in [2.24, 2.45) is 0 Å². The number of hydrogen-bond acceptors (Lipinski definition) is 5. The van der Waals surface area contributed by atoms with Gasteiger partial charge in [-0.1, -0.05) is 20.8 Å². The van der Waals surface area contributed by atoms with Crippen LogP contribution in [-0.4, -0.2) is 48.5 Å². The Morgan fingerprint density at radius 1 is 1.21 bits per heavy atom. The van der Waals surface area contributed by atoms with Crippen molar-refractivity contribution in [3.05, 3.63) is 33.1 Å². The molecule has 0 saturated carbocycles. The Morgan fingerprint density at radius 2 is 1.82 bits per heavy atom. The summed E-state index contributed by atoms with van der Waals surface area (Å²) < 4.78 is 34.6. The van der Waals surface area contributed by atoms with E-state index in [1.807, 2.05) is 33.9 Å². The number of ether oxygens (including phenoxy) is 2. The normalized spacial score (nSPS) is 26.6. The summed E-state index contributed by atoms with van der Waals surface area (Å²) in [5.74, 6) is 0. The largest absolute Gasteiger partial charge is 0.408 e. The zero-order valence-electron chi connectivity index (χ0n) is 18.0. The van der Waals surface area contributed by atoms with Crippen LogP contribution in [0, 0.1) is 0 Å². The maximum Gasteiger partial charge on any atom is 0.330 e. The number of H-pyrrole nitrogens is 1. The lowest BCUT2D eigenvalue weighted by Crippen LogP contribution is -2.49. The van der Waals surface area contributed by atoms with Gasteiger partial charge in [0, 0.05) is 12.3 Å². The monoisotopic (exact) mass is 416 g/mol. The molecule has 1 saturated heterocycles. The Balaban J connectivity index is 2.35. The third-order valence-electron chi connectivity index (χ3n) is 5.31. The minimum Gasteiger partial charge on any atom is -0.408 e. The summed E-state index contributed by atoms with van der Waals surface area (Å²) in [6, 6.07) is 1.17. The second-order valence-electron chi connectivity index (χ2n) is 9.79. The average Bonchev–Trinajstić information content (AvgIpc) is 2.80. The van der Waals surface area contributed by atoms with Crippen LogP contribution in [0.3, 0.4) is 0 Å². The number of aromatic nitrogens is 2. The summed E-state index contributed by atoms with van der Waals surface area (Å²) in [5, 5.41) is -0.116. The van der Waals surface area contributed by atoms with Gasteiger partial charge in [0.25, 0.3) is 5.56 Å². The third-order valence-corrected chi connectivity index (χ3v) is 9.78. The first-order valence-corrected chi connectivity index (χ1v) is 12.5. The van der Waals surface area contributed by atoms with E-state index in [1.165, 1.54) is 12.3 Å². The SMILES string of the molecule is CC(C)(C)OC[C@H]1O[C@@H](n2ccc(=O)[nH]c2=O)[C@@H](F)C1O[Si](C)(C)C(C)(C)C. The summed E-state index contributed by atoms with van der Waals surface area (Å²) in [6.07, 6.45) is -3.06. The predicted molar refractivity (Wildman–Crippen MR) is 108 cm³/mol. The molecule has 2 heterocycles. The molecule has 0 radical (unpaired) electrons. The summed E-state index contributed by atoms with van der Waals surface area (Å²) >= 11 is 0. The quantitative estimate of drug-likeness (QED) is 0.746. The molecule has 1 N–H and O–H groups in total. The average molecular weight is 417 g/mol. The number of halogens is 1. The minimum absolute atomic E-state index is 0.116. The van der Waals surface area contributed by atoms with Gasteiger partial charge in [0.2, 0.25) is 0 Å². The van der Waals surface area contributed by atoms with E-state index in [9.17, 15) is 9.59 Å². The lowest BCUT2D eigenvalue weighted by molar-refractivity contribution is -0.0987. The van der Waals surface area contributed by atoms with Gasteiger partial charge in [0.1, 0.15) is 12.2 Å². The molecule has 28 heavy (non-hydrogen) atoms. The fourth-order valence-electron chi connectivity index (χ4n) is 2.67. The first kappa shape index (κ1) is 23.0. The Morgan fingerprint density at radius 3 is 2.32 bits per heavy atom. The molecule has 9 heteroatoms. The maximum absolute atomic E-state index is 15.5. The molecule has 1 unspecified atom stereocenters. The molecular weight excluding hydrogens is 383 g/mol. The molecule has 1 fully saturated rings. The van der Waals surface area contributed by atoms with Gasteiger partial charge < -0.3 is 13.9 Å². The topological polar surface area (TPSA) is 82.5 Å². The number of nitrogens with zero attached hydrogens (tertiary/aromatic N) is 1. The zero-order valence-corrected chi connectivity index (χ0v) is 19.0. The van der Waals surface area contributed by atoms with Gasteiger partial charge in [-0.25, -0.2) is 9.18 Å². The lowest BCUT2D eigenvalue weighted by atomic mass is 10.1. The molecular formula is C19H33FN2O5Si. The summed E-state index contributed by atoms with van der Waals surface area (Å²) in [4.78, 5) is 25.6. The van der Waals surface area contributed by atoms with E-state index in [1.54, 1.807) is 0 Å². The van der Waals surface area contributed by atoms with E-state index in [4.69, 9.17) is 13.9 Å². The zero-order chi connectivity index (χ0) is 21.5. The van der Waals surface area contributed by atoms with E-state index in [-0.39, 0.29) is 11.6 Å². The standard InChI is InChI=1S/C19H33FN2O5Si/c1-18(2,3)25-11-12-15(27-28(7,8)19(4,5)6)14(20)16(26-12)22-10-9-13(23)21-17(22)24/h9-10,12,14-16H,11H2,1-8H3,(H,21,23,24)/t12-,14+,15?,16-/m1/s1. The Bertz CT molecular complexity index is 793. The molecule has 1 aliphatic rings. The lowest BCUT2D eigenvalue weighted by Gasteiger charge is -2.39. The molecule has 0 spiro atoms. The highest BCUT2D eigenvalue weighted by molar-refractivity contribution is 6.74. The molecule has 0 amide bonds. The van der Waals surface area contributed by atoms with Crippen LogP contribution in [0.1, 0.15) is 47.8 Å². The molecule has 1 aliphatic heterocycles. The molecule has 0 aliphatic carbocycles. The van der Waals surface area contributed by atoms with E-state index in [2.05, 4.69) is 25.8 Å². The highest BCUT2D eigenvalue weighted by Crippen LogP contribution is 2.42. The fraction of sp³-hybridized carbons (Fsp3) is 0.789. The second-order valence-corrected chi connectivity index (χ2v) is 14.5. The fourth-order valence-corrected chi connectivity index (χ4v) is 3.99. The van der Waals surface area contributed by atoms with E-state index in [0.29, 0.717) is 0 Å². The van der Waals surface area contributed by atoms with Crippen molar-refractivity contribution in [1.82, 2.24) is 9.55 Å². The number of alkyl halides is 1. The van der Waals surface area contributed by atoms with Gasteiger partial charge in [-0.2, -0.15) is 0 Å². The number of aromatic amines is 1. The summed E-state index contributed by atoms with van der Waals surface area (Å²) in [5.41, 5.74) is -1.69. The highest BCUT2D eigenvalue weighted by Gasteiger charge is 2.51. The Hall–Kier alpha value is -1.29. The summed E-state index contributed by atoms with van der Waals surface area (Å²) in [6.45, 7) is 16.2. The molecule has 1 aromatic rings. The first-order valence-electron chi connectivity index (χ1n) is 9.55. The van der Waals surface area contributed by atoms with E-state index < -0.39 is 49.8 Å². The van der Waals surface area contributed by atoms with Crippen molar-refractivity contribution in [1.29, 1.82) is 0 Å². The molecule has 4 atom stereocenters. The van der Waals surface area contributed by atoms with Crippen LogP contribution in [0.15, 0.2) is 21.9 Å². The van der Waals surface area contributed by atoms with Crippen molar-refractivity contribution in [3.63, 3.8) is 0 Å². The molecule has 160 valence electrons. The van der Waals surface area contributed by atoms with E-state index in [0.717, 1.165) is 4.57 Å². The van der Waals surface area contributed by atoms with Crippen molar-refractivity contribution in [3.8, 4) is 0 Å². The van der Waals surface area contributed by atoms with Gasteiger partial charge in [0.15, 0.2) is 20.7 Å². The number of hydrogen-bond donors (Lipinski definition) is 1. The Kier molecular flexibility index (Phi) is 6.45. The molecule has 1 aromatic heterocycles. The predicted octanol–water partition coefficient (Wildman–Crippen LogP) is 2.98. The maximum atomic E-state index is 15.5. The van der Waals surface area contributed by atoms with Crippen LogP contribution >= 0.6 is 0 Å². The van der Waals surface area contributed by atoms with Gasteiger partial charge in [-0.3, -0.25) is 14.3 Å². The first-order chi connectivity index (χ1) is 12.6. The van der Waals surface area contributed by atoms with Gasteiger partial charge >= 0.3 is 5.69 Å². The van der Waals surface area contributed by atoms with Crippen LogP contribution in [0.2, 0.25) is 18.1 Å². The van der Waals surface area contributed by atoms with Crippen molar-refractivity contribution in [2.45, 2.75) is 89.9 Å². The van der Waals surface area contributed by atoms with Gasteiger partial charge in [-0.05, 0) is 38.9 Å². The highest BCUT2D eigenvalue weighted by atomic mass is 28.4. The molecule has 7 nitrogen and oxygen atoms in total. The van der Waals surface area contributed by atoms with Gasteiger partial charge in [0.05, 0.1) is 12.2 Å². The Labute approximate surface area is 166 Å². The third kappa shape index (κ3) is 5.19. The smallest absolute Gasteiger partial charge is 0.330 e. The van der Waals surface area contributed by atoms with Crippen LogP contribution in [0.25, 0.3) is 0 Å². The van der Waals surface area contributed by atoms with Crippen LogP contribution in [0.4, 0.5) is 4.39 Å². The van der Waals surface area contributed by atoms with Crippen molar-refractivity contribution in [2.75, 3.05) is 6.61 Å². The molecule has 0 aromatic carbocycles. The number of nitrogens with one attached hydrogen (secondary N) is 1. The molecule has 2 rings (SSSR count). The van der Waals surface area contributed by atoms with Crippen LogP contribution < -0.4 is 11.2 Å². The van der Waals surface area contributed by atoms with E-state index >= 15 is 4.39 Å². The van der Waals surface area contributed by atoms with Gasteiger partial charge in [-0.15, -0.1) is 0 Å². The van der Waals surface area contributed by atoms with Crippen molar-refractivity contribution < 1.29 is 18.3 Å². The van der Waals surface area contributed by atoms with Crippen molar-refractivity contribution >= 4 is 8.32 Å². The minimum atomic E-state index is -2.30. The second kappa shape index (κ2) is 7.85. The van der Waals surface area contributed by atoms with Crippen LogP contribution in [-0.2, 0) is 13.9 Å². The number of rotatable bonds is 5.